The van der Waals surface area contributed by atoms with Crippen LogP contribution in [0.4, 0.5) is 11.4 Å². The zero-order chi connectivity index (χ0) is 13.7. The van der Waals surface area contributed by atoms with Crippen molar-refractivity contribution in [2.24, 2.45) is 0 Å². The Morgan fingerprint density at radius 1 is 1.44 bits per heavy atom. The number of rotatable bonds is 5. The van der Waals surface area contributed by atoms with Gasteiger partial charge in [0.15, 0.2) is 0 Å². The fraction of sp³-hybridized carbons (Fsp3) is 0.385. The normalized spacial score (nSPS) is 9.94. The Kier molecular flexibility index (Phi) is 4.71. The van der Waals surface area contributed by atoms with E-state index in [2.05, 4.69) is 0 Å². The zero-order valence-electron chi connectivity index (χ0n) is 10.9. The molecule has 0 saturated heterocycles. The molecule has 18 heavy (non-hydrogen) atoms. The Bertz CT molecular complexity index is 458. The summed E-state index contributed by atoms with van der Waals surface area (Å²) in [5, 5.41) is 0. The number of hydrogen-bond donors (Lipinski definition) is 1. The van der Waals surface area contributed by atoms with Crippen molar-refractivity contribution >= 4 is 23.8 Å². The van der Waals surface area contributed by atoms with Crippen LogP contribution < -0.4 is 10.6 Å². The lowest BCUT2D eigenvalue weighted by molar-refractivity contribution is -0.107. The molecule has 0 aliphatic heterocycles. The number of anilines is 2. The van der Waals surface area contributed by atoms with Crippen molar-refractivity contribution < 1.29 is 14.3 Å². The van der Waals surface area contributed by atoms with Gasteiger partial charge in [0.05, 0.1) is 23.5 Å². The minimum Gasteiger partial charge on any atom is -0.462 e. The van der Waals surface area contributed by atoms with E-state index in [-0.39, 0.29) is 0 Å². The smallest absolute Gasteiger partial charge is 0.338 e. The highest BCUT2D eigenvalue weighted by Gasteiger charge is 2.16. The Labute approximate surface area is 107 Å². The predicted molar refractivity (Wildman–Crippen MR) is 70.6 cm³/mol. The van der Waals surface area contributed by atoms with Crippen LogP contribution in [0.5, 0.6) is 0 Å². The Morgan fingerprint density at radius 3 is 2.61 bits per heavy atom. The Hall–Kier alpha value is -2.04. The maximum atomic E-state index is 11.7. The Morgan fingerprint density at radius 2 is 2.11 bits per heavy atom. The zero-order valence-corrected chi connectivity index (χ0v) is 10.9. The predicted octanol–water partition coefficient (Wildman–Crippen LogP) is 1.74. The summed E-state index contributed by atoms with van der Waals surface area (Å²) in [6.07, 6.45) is 0.717. The highest BCUT2D eigenvalue weighted by Crippen LogP contribution is 2.28. The summed E-state index contributed by atoms with van der Waals surface area (Å²) in [5.74, 6) is -0.401. The van der Waals surface area contributed by atoms with Crippen LogP contribution in [-0.2, 0) is 9.53 Å². The van der Waals surface area contributed by atoms with E-state index < -0.39 is 5.97 Å². The third-order valence-corrected chi connectivity index (χ3v) is 2.76. The fourth-order valence-electron chi connectivity index (χ4n) is 1.70. The first-order valence-electron chi connectivity index (χ1n) is 5.84. The van der Waals surface area contributed by atoms with E-state index in [1.165, 1.54) is 4.90 Å². The van der Waals surface area contributed by atoms with E-state index >= 15 is 0 Å². The molecule has 0 atom stereocenters. The summed E-state index contributed by atoms with van der Waals surface area (Å²) in [4.78, 5) is 24.1. The minimum absolute atomic E-state index is 0.315. The molecular formula is C13H18N2O3. The van der Waals surface area contributed by atoms with E-state index in [1.54, 1.807) is 26.0 Å². The lowest BCUT2D eigenvalue weighted by Gasteiger charge is -2.19. The number of carbonyl (C=O) groups excluding carboxylic acids is 2. The second-order valence-electron chi connectivity index (χ2n) is 3.78. The lowest BCUT2D eigenvalue weighted by atomic mass is 10.0. The van der Waals surface area contributed by atoms with Crippen molar-refractivity contribution in [1.82, 2.24) is 0 Å². The van der Waals surface area contributed by atoms with Crippen LogP contribution in [0.25, 0.3) is 0 Å². The lowest BCUT2D eigenvalue weighted by Crippen LogP contribution is -2.22. The Balaban J connectivity index is 3.20. The average Bonchev–Trinajstić information content (AvgIpc) is 2.36. The summed E-state index contributed by atoms with van der Waals surface area (Å²) >= 11 is 0. The van der Waals surface area contributed by atoms with Gasteiger partial charge in [0.25, 0.3) is 0 Å². The van der Waals surface area contributed by atoms with Gasteiger partial charge in [-0.25, -0.2) is 4.79 Å². The molecule has 5 nitrogen and oxygen atoms in total. The van der Waals surface area contributed by atoms with Gasteiger partial charge in [-0.1, -0.05) is 0 Å². The number of hydrogen-bond acceptors (Lipinski definition) is 4. The molecule has 1 aromatic carbocycles. The second-order valence-corrected chi connectivity index (χ2v) is 3.78. The SMILES string of the molecule is CCOC(=O)c1ccc(N(C=O)CC)c(N)c1C. The molecule has 1 amide bonds. The monoisotopic (exact) mass is 250 g/mol. The third kappa shape index (κ3) is 2.61. The van der Waals surface area contributed by atoms with Crippen LogP contribution in [0.15, 0.2) is 12.1 Å². The summed E-state index contributed by atoms with van der Waals surface area (Å²) < 4.78 is 4.94. The molecule has 0 heterocycles. The first kappa shape index (κ1) is 14.0. The van der Waals surface area contributed by atoms with Gasteiger partial charge in [-0.15, -0.1) is 0 Å². The molecule has 2 N–H and O–H groups in total. The van der Waals surface area contributed by atoms with Crippen LogP contribution in [0.2, 0.25) is 0 Å². The largest absolute Gasteiger partial charge is 0.462 e. The minimum atomic E-state index is -0.401. The summed E-state index contributed by atoms with van der Waals surface area (Å²) in [6, 6.07) is 3.29. The number of benzene rings is 1. The number of ether oxygens (including phenoxy) is 1. The molecule has 5 heteroatoms. The molecule has 0 aromatic heterocycles. The maximum Gasteiger partial charge on any atom is 0.338 e. The number of nitrogen functional groups attached to an aromatic ring is 1. The standard InChI is InChI=1S/C13H18N2O3/c1-4-15(8-16)11-7-6-10(9(3)12(11)14)13(17)18-5-2/h6-8H,4-5,14H2,1-3H3. The number of esters is 1. The van der Waals surface area contributed by atoms with Crippen molar-refractivity contribution in [1.29, 1.82) is 0 Å². The van der Waals surface area contributed by atoms with E-state index in [4.69, 9.17) is 10.5 Å². The molecule has 0 aliphatic carbocycles. The molecule has 0 fully saturated rings. The quantitative estimate of drug-likeness (QED) is 0.491. The summed E-state index contributed by atoms with van der Waals surface area (Å²) in [7, 11) is 0. The van der Waals surface area contributed by atoms with E-state index in [1.807, 2.05) is 6.92 Å². The molecule has 98 valence electrons. The van der Waals surface area contributed by atoms with Crippen molar-refractivity contribution in [2.45, 2.75) is 20.8 Å². The first-order valence-corrected chi connectivity index (χ1v) is 5.84. The molecule has 0 saturated carbocycles. The van der Waals surface area contributed by atoms with E-state index in [9.17, 15) is 9.59 Å². The average molecular weight is 250 g/mol. The van der Waals surface area contributed by atoms with Gasteiger partial charge in [-0.2, -0.15) is 0 Å². The summed E-state index contributed by atoms with van der Waals surface area (Å²) in [5.41, 5.74) is 8.06. The van der Waals surface area contributed by atoms with Gasteiger partial charge in [0.1, 0.15) is 0 Å². The molecular weight excluding hydrogens is 232 g/mol. The van der Waals surface area contributed by atoms with E-state index in [0.717, 1.165) is 6.41 Å². The van der Waals surface area contributed by atoms with Gasteiger partial charge in [0, 0.05) is 6.54 Å². The van der Waals surface area contributed by atoms with Gasteiger partial charge >= 0.3 is 5.97 Å². The van der Waals surface area contributed by atoms with E-state index in [0.29, 0.717) is 35.7 Å². The number of nitrogens with two attached hydrogens (primary N) is 1. The second kappa shape index (κ2) is 6.05. The highest BCUT2D eigenvalue weighted by molar-refractivity contribution is 5.96. The topological polar surface area (TPSA) is 72.6 Å². The van der Waals surface area contributed by atoms with Crippen molar-refractivity contribution in [2.75, 3.05) is 23.8 Å². The van der Waals surface area contributed by atoms with Crippen molar-refractivity contribution in [3.8, 4) is 0 Å². The van der Waals surface area contributed by atoms with Gasteiger partial charge in [-0.05, 0) is 38.5 Å². The van der Waals surface area contributed by atoms with Crippen LogP contribution in [0.1, 0.15) is 29.8 Å². The molecule has 0 bridgehead atoms. The fourth-order valence-corrected chi connectivity index (χ4v) is 1.70. The molecule has 1 rings (SSSR count). The molecule has 0 spiro atoms. The third-order valence-electron chi connectivity index (χ3n) is 2.76. The molecule has 0 unspecified atom stereocenters. The van der Waals surface area contributed by atoms with Crippen molar-refractivity contribution in [3.05, 3.63) is 23.3 Å². The number of carbonyl (C=O) groups is 2. The molecule has 0 aliphatic rings. The maximum absolute atomic E-state index is 11.7. The summed E-state index contributed by atoms with van der Waals surface area (Å²) in [6.45, 7) is 6.17. The van der Waals surface area contributed by atoms with Crippen LogP contribution in [0, 0.1) is 6.92 Å². The van der Waals surface area contributed by atoms with Crippen molar-refractivity contribution in [3.63, 3.8) is 0 Å². The van der Waals surface area contributed by atoms with Crippen LogP contribution in [-0.4, -0.2) is 25.5 Å². The number of nitrogens with zero attached hydrogens (tertiary/aromatic N) is 1. The van der Waals surface area contributed by atoms with Crippen LogP contribution >= 0.6 is 0 Å². The number of amides is 1. The molecule has 0 radical (unpaired) electrons. The molecule has 1 aromatic rings. The van der Waals surface area contributed by atoms with Gasteiger partial charge in [-0.3, -0.25) is 4.79 Å². The van der Waals surface area contributed by atoms with Gasteiger partial charge in [0.2, 0.25) is 6.41 Å². The van der Waals surface area contributed by atoms with Crippen LogP contribution in [0.3, 0.4) is 0 Å². The highest BCUT2D eigenvalue weighted by atomic mass is 16.5. The first-order chi connectivity index (χ1) is 8.56. The van der Waals surface area contributed by atoms with Gasteiger partial charge < -0.3 is 15.4 Å².